The molecule has 0 aromatic heterocycles. The molecular formula is C3H9O3P. The minimum atomic E-state index is -5.27. The standard InChI is InChI=1S/C3H9O3P/c1-5-7(3,4)6-2/h1-3H3/i1D3,2D3,3D3. The summed E-state index contributed by atoms with van der Waals surface area (Å²) in [6, 6.07) is 0. The van der Waals surface area contributed by atoms with Crippen molar-refractivity contribution in [1.82, 2.24) is 0 Å². The van der Waals surface area contributed by atoms with Gasteiger partial charge >= 0.3 is 7.60 Å². The molecule has 0 rings (SSSR count). The molecule has 0 aliphatic rings. The van der Waals surface area contributed by atoms with Crippen molar-refractivity contribution in [3.63, 3.8) is 0 Å². The fourth-order valence-corrected chi connectivity index (χ4v) is 0.0559. The Hall–Kier alpha value is 0.150. The fraction of sp³-hybridized carbons (Fsp3) is 1.00. The lowest BCUT2D eigenvalue weighted by Gasteiger charge is -2.04. The first-order valence-electron chi connectivity index (χ1n) is 5.68. The van der Waals surface area contributed by atoms with Gasteiger partial charge in [-0.05, 0) is 0 Å². The van der Waals surface area contributed by atoms with Gasteiger partial charge in [-0.3, -0.25) is 4.57 Å². The van der Waals surface area contributed by atoms with Crippen LogP contribution >= 0.6 is 7.60 Å². The molecule has 0 saturated carbocycles. The highest BCUT2D eigenvalue weighted by atomic mass is 31.2. The van der Waals surface area contributed by atoms with Crippen LogP contribution in [0.3, 0.4) is 0 Å². The van der Waals surface area contributed by atoms with Gasteiger partial charge in [0.2, 0.25) is 0 Å². The summed E-state index contributed by atoms with van der Waals surface area (Å²) >= 11 is 0. The van der Waals surface area contributed by atoms with E-state index in [0.717, 1.165) is 0 Å². The Labute approximate surface area is 55.8 Å². The molecule has 0 aliphatic heterocycles. The van der Waals surface area contributed by atoms with E-state index in [1.54, 1.807) is 0 Å². The third kappa shape index (κ3) is 2.80. The average molecular weight is 133 g/mol. The predicted molar refractivity (Wildman–Crippen MR) is 27.5 cm³/mol. The Kier molecular flexibility index (Phi) is 0.413. The molecule has 4 heteroatoms. The summed E-state index contributed by atoms with van der Waals surface area (Å²) < 4.78 is 79.0. The van der Waals surface area contributed by atoms with Crippen LogP contribution in [0.25, 0.3) is 0 Å². The minimum absolute atomic E-state index is 3.34. The third-order valence-corrected chi connectivity index (χ3v) is 0.721. The second-order valence-electron chi connectivity index (χ2n) is 0.680. The van der Waals surface area contributed by atoms with Crippen molar-refractivity contribution in [3.05, 3.63) is 0 Å². The van der Waals surface area contributed by atoms with Gasteiger partial charge in [0.25, 0.3) is 0 Å². The van der Waals surface area contributed by atoms with Gasteiger partial charge in [0.15, 0.2) is 0 Å². The van der Waals surface area contributed by atoms with E-state index in [2.05, 4.69) is 9.05 Å². The maximum atomic E-state index is 11.5. The molecule has 0 aromatic carbocycles. The molecule has 0 unspecified atom stereocenters. The SMILES string of the molecule is [2H]C([2H])([2H])OP(=O)(OC([2H])([2H])[2H])C([2H])([2H])[2H]. The van der Waals surface area contributed by atoms with Crippen LogP contribution in [0.2, 0.25) is 0 Å². The number of hydrogen-bond acceptors (Lipinski definition) is 3. The van der Waals surface area contributed by atoms with E-state index < -0.39 is 28.3 Å². The second kappa shape index (κ2) is 2.46. The van der Waals surface area contributed by atoms with Crippen LogP contribution in [-0.4, -0.2) is 20.7 Å². The topological polar surface area (TPSA) is 35.5 Å². The van der Waals surface area contributed by atoms with Gasteiger partial charge in [-0.1, -0.05) is 0 Å². The van der Waals surface area contributed by atoms with Crippen LogP contribution in [0.1, 0.15) is 12.3 Å². The lowest BCUT2D eigenvalue weighted by molar-refractivity contribution is 0.282. The molecule has 0 spiro atoms. The van der Waals surface area contributed by atoms with Crippen molar-refractivity contribution in [2.45, 2.75) is 0 Å². The maximum absolute atomic E-state index is 11.5. The summed E-state index contributed by atoms with van der Waals surface area (Å²) in [6.45, 7) is -3.49. The summed E-state index contributed by atoms with van der Waals surface area (Å²) in [4.78, 5) is 0. The van der Waals surface area contributed by atoms with Gasteiger partial charge in [-0.15, -0.1) is 0 Å². The third-order valence-electron chi connectivity index (χ3n) is 0.240. The fourth-order valence-electron chi connectivity index (χ4n) is 0.0186. The van der Waals surface area contributed by atoms with Crippen molar-refractivity contribution >= 4 is 7.60 Å². The highest BCUT2D eigenvalue weighted by Gasteiger charge is 2.08. The van der Waals surface area contributed by atoms with Crippen molar-refractivity contribution in [1.29, 1.82) is 0 Å². The van der Waals surface area contributed by atoms with E-state index in [0.29, 0.717) is 0 Å². The zero-order valence-corrected chi connectivity index (χ0v) is 4.07. The molecule has 0 aromatic rings. The molecule has 44 valence electrons. The van der Waals surface area contributed by atoms with E-state index in [4.69, 9.17) is 12.3 Å². The van der Waals surface area contributed by atoms with E-state index in [-0.39, 0.29) is 0 Å². The van der Waals surface area contributed by atoms with Crippen molar-refractivity contribution in [3.8, 4) is 0 Å². The minimum Gasteiger partial charge on any atom is -0.312 e. The van der Waals surface area contributed by atoms with Gasteiger partial charge in [-0.2, -0.15) is 0 Å². The Morgan fingerprint density at radius 1 is 1.57 bits per heavy atom. The summed E-state index contributed by atoms with van der Waals surface area (Å²) in [5.74, 6) is 0. The molecule has 0 fully saturated rings. The van der Waals surface area contributed by atoms with Crippen molar-refractivity contribution in [2.24, 2.45) is 0 Å². The summed E-state index contributed by atoms with van der Waals surface area (Å²) in [6.07, 6.45) is 0. The maximum Gasteiger partial charge on any atom is 0.327 e. The van der Waals surface area contributed by atoms with Crippen LogP contribution in [-0.2, 0) is 13.6 Å². The Morgan fingerprint density at radius 2 is 2.14 bits per heavy atom. The van der Waals surface area contributed by atoms with Gasteiger partial charge in [0, 0.05) is 24.8 Å². The van der Waals surface area contributed by atoms with Crippen molar-refractivity contribution < 1.29 is 25.9 Å². The smallest absolute Gasteiger partial charge is 0.312 e. The zero-order valence-electron chi connectivity index (χ0n) is 12.2. The normalized spacial score (nSPS) is 36.3. The number of rotatable bonds is 2. The van der Waals surface area contributed by atoms with Crippen LogP contribution in [0.5, 0.6) is 0 Å². The largest absolute Gasteiger partial charge is 0.327 e. The average Bonchev–Trinajstić information content (AvgIpc) is 1.72. The van der Waals surface area contributed by atoms with E-state index in [1.807, 2.05) is 0 Å². The lowest BCUT2D eigenvalue weighted by atomic mass is 11.8. The molecule has 0 heterocycles. The van der Waals surface area contributed by atoms with Crippen LogP contribution in [0.4, 0.5) is 0 Å². The molecule has 7 heavy (non-hydrogen) atoms. The van der Waals surface area contributed by atoms with Gasteiger partial charge in [-0.25, -0.2) is 0 Å². The highest BCUT2D eigenvalue weighted by molar-refractivity contribution is 7.52. The highest BCUT2D eigenvalue weighted by Crippen LogP contribution is 2.40. The Balaban J connectivity index is 5.16. The zero-order chi connectivity index (χ0) is 13.4. The van der Waals surface area contributed by atoms with Crippen LogP contribution in [0.15, 0.2) is 0 Å². The molecule has 0 aliphatic carbocycles. The summed E-state index contributed by atoms with van der Waals surface area (Å²) in [5, 5.41) is 0. The molecule has 0 saturated heterocycles. The quantitative estimate of drug-likeness (QED) is 0.529. The monoisotopic (exact) mass is 133 g/mol. The van der Waals surface area contributed by atoms with Crippen LogP contribution in [0, 0.1) is 0 Å². The van der Waals surface area contributed by atoms with Gasteiger partial charge < -0.3 is 9.05 Å². The van der Waals surface area contributed by atoms with E-state index in [1.165, 1.54) is 0 Å². The molecule has 3 nitrogen and oxygen atoms in total. The lowest BCUT2D eigenvalue weighted by Crippen LogP contribution is -1.82. The number of hydrogen-bond donors (Lipinski definition) is 0. The summed E-state index contributed by atoms with van der Waals surface area (Å²) in [5.41, 5.74) is 0. The first kappa shape index (κ1) is 1.18. The first-order valence-corrected chi connectivity index (χ1v) is 2.72. The molecule has 0 N–H and O–H groups in total. The molecular weight excluding hydrogens is 115 g/mol. The molecule has 0 bridgehead atoms. The molecule has 0 radical (unpaired) electrons. The van der Waals surface area contributed by atoms with Gasteiger partial charge in [0.05, 0.1) is 8.22 Å². The van der Waals surface area contributed by atoms with Crippen molar-refractivity contribution in [2.75, 3.05) is 20.7 Å². The predicted octanol–water partition coefficient (Wildman–Crippen LogP) is 1.10. The Bertz CT molecular complexity index is 266. The Morgan fingerprint density at radius 3 is 2.43 bits per heavy atom. The van der Waals surface area contributed by atoms with Crippen LogP contribution < -0.4 is 0 Å². The first-order chi connectivity index (χ1) is 6.66. The van der Waals surface area contributed by atoms with Gasteiger partial charge in [0.1, 0.15) is 0 Å². The van der Waals surface area contributed by atoms with E-state index in [9.17, 15) is 4.57 Å². The van der Waals surface area contributed by atoms with E-state index >= 15 is 0 Å². The molecule has 0 atom stereocenters. The summed E-state index contributed by atoms with van der Waals surface area (Å²) in [7, 11) is -11.9. The second-order valence-corrected chi connectivity index (χ2v) is 2.04. The molecule has 0 amide bonds.